The lowest BCUT2D eigenvalue weighted by Crippen LogP contribution is -2.18. The summed E-state index contributed by atoms with van der Waals surface area (Å²) in [5.74, 6) is 1.46. The summed E-state index contributed by atoms with van der Waals surface area (Å²) in [4.78, 5) is 0. The second kappa shape index (κ2) is 6.48. The van der Waals surface area contributed by atoms with Crippen LogP contribution in [0.15, 0.2) is 36.7 Å². The number of nitrogens with zero attached hydrogens (tertiary/aromatic N) is 3. The number of hydrogen-bond acceptors (Lipinski definition) is 3. The molecule has 0 unspecified atom stereocenters. The quantitative estimate of drug-likeness (QED) is 0.866. The fourth-order valence-corrected chi connectivity index (χ4v) is 2.18. The second-order valence-electron chi connectivity index (χ2n) is 5.37. The van der Waals surface area contributed by atoms with Gasteiger partial charge in [0.15, 0.2) is 0 Å². The smallest absolute Gasteiger partial charge is 0.149 e. The molecule has 0 aliphatic heterocycles. The molecule has 19 heavy (non-hydrogen) atoms. The maximum Gasteiger partial charge on any atom is 0.149 e. The van der Waals surface area contributed by atoms with Gasteiger partial charge in [0.05, 0.1) is 6.04 Å². The Balaban J connectivity index is 1.96. The highest BCUT2D eigenvalue weighted by molar-refractivity contribution is 5.15. The van der Waals surface area contributed by atoms with Gasteiger partial charge in [0.2, 0.25) is 0 Å². The largest absolute Gasteiger partial charge is 0.321 e. The Kier molecular flexibility index (Phi) is 4.68. The van der Waals surface area contributed by atoms with Crippen molar-refractivity contribution in [1.29, 1.82) is 0 Å². The molecule has 0 radical (unpaired) electrons. The van der Waals surface area contributed by atoms with E-state index in [2.05, 4.69) is 52.9 Å². The van der Waals surface area contributed by atoms with Crippen molar-refractivity contribution >= 4 is 0 Å². The van der Waals surface area contributed by atoms with Crippen LogP contribution in [0, 0.1) is 5.92 Å². The molecule has 1 aromatic heterocycles. The number of nitrogens with two attached hydrogens (primary N) is 1. The average Bonchev–Trinajstić information content (AvgIpc) is 2.84. The minimum absolute atomic E-state index is 0.0542. The highest BCUT2D eigenvalue weighted by atomic mass is 15.3. The van der Waals surface area contributed by atoms with Crippen LogP contribution in [0.4, 0.5) is 0 Å². The SMILES string of the molecule is CC(C)Cn1cnnc1[C@@H](N)CCc1ccccc1. The Hall–Kier alpha value is -1.68. The molecular formula is C15H22N4. The highest BCUT2D eigenvalue weighted by Gasteiger charge is 2.14. The van der Waals surface area contributed by atoms with Gasteiger partial charge >= 0.3 is 0 Å². The Bertz CT molecular complexity index is 490. The lowest BCUT2D eigenvalue weighted by atomic mass is 10.1. The van der Waals surface area contributed by atoms with Crippen LogP contribution < -0.4 is 5.73 Å². The number of rotatable bonds is 6. The van der Waals surface area contributed by atoms with Crippen molar-refractivity contribution in [2.45, 2.75) is 39.3 Å². The van der Waals surface area contributed by atoms with Crippen molar-refractivity contribution in [2.75, 3.05) is 0 Å². The van der Waals surface area contributed by atoms with Gasteiger partial charge in [0.1, 0.15) is 12.2 Å². The molecule has 0 fully saturated rings. The number of aryl methyl sites for hydroxylation is 1. The predicted octanol–water partition coefficient (Wildman–Crippen LogP) is 2.57. The summed E-state index contributed by atoms with van der Waals surface area (Å²) < 4.78 is 2.07. The third-order valence-corrected chi connectivity index (χ3v) is 3.13. The zero-order valence-electron chi connectivity index (χ0n) is 11.7. The molecule has 2 aromatic rings. The summed E-state index contributed by atoms with van der Waals surface area (Å²) in [7, 11) is 0. The molecular weight excluding hydrogens is 236 g/mol. The topological polar surface area (TPSA) is 56.7 Å². The summed E-state index contributed by atoms with van der Waals surface area (Å²) in [6.45, 7) is 5.28. The first kappa shape index (κ1) is 13.7. The van der Waals surface area contributed by atoms with Gasteiger partial charge in [-0.05, 0) is 24.3 Å². The number of hydrogen-bond donors (Lipinski definition) is 1. The molecule has 102 valence electrons. The third-order valence-electron chi connectivity index (χ3n) is 3.13. The summed E-state index contributed by atoms with van der Waals surface area (Å²) in [5, 5.41) is 8.15. The lowest BCUT2D eigenvalue weighted by molar-refractivity contribution is 0.480. The van der Waals surface area contributed by atoms with Crippen LogP contribution in [0.25, 0.3) is 0 Å². The van der Waals surface area contributed by atoms with Crippen LogP contribution in [0.5, 0.6) is 0 Å². The maximum atomic E-state index is 6.24. The van der Waals surface area contributed by atoms with Crippen LogP contribution in [-0.4, -0.2) is 14.8 Å². The van der Waals surface area contributed by atoms with Crippen molar-refractivity contribution in [2.24, 2.45) is 11.7 Å². The molecule has 4 heteroatoms. The summed E-state index contributed by atoms with van der Waals surface area (Å²) in [6.07, 6.45) is 3.63. The molecule has 4 nitrogen and oxygen atoms in total. The monoisotopic (exact) mass is 258 g/mol. The van der Waals surface area contributed by atoms with E-state index in [4.69, 9.17) is 5.73 Å². The van der Waals surface area contributed by atoms with E-state index in [1.165, 1.54) is 5.56 Å². The van der Waals surface area contributed by atoms with Gasteiger partial charge < -0.3 is 10.3 Å². The number of aromatic nitrogens is 3. The normalized spacial score (nSPS) is 12.8. The molecule has 2 rings (SSSR count). The summed E-state index contributed by atoms with van der Waals surface area (Å²) in [6, 6.07) is 10.4. The Morgan fingerprint density at radius 2 is 1.95 bits per heavy atom. The van der Waals surface area contributed by atoms with Crippen LogP contribution in [0.1, 0.15) is 37.7 Å². The van der Waals surface area contributed by atoms with E-state index in [9.17, 15) is 0 Å². The number of benzene rings is 1. The first-order chi connectivity index (χ1) is 9.16. The zero-order chi connectivity index (χ0) is 13.7. The minimum Gasteiger partial charge on any atom is -0.321 e. The van der Waals surface area contributed by atoms with Gasteiger partial charge in [0, 0.05) is 6.54 Å². The van der Waals surface area contributed by atoms with Crippen LogP contribution in [0.3, 0.4) is 0 Å². The van der Waals surface area contributed by atoms with E-state index in [1.807, 2.05) is 6.07 Å². The van der Waals surface area contributed by atoms with Gasteiger partial charge in [-0.1, -0.05) is 44.2 Å². The van der Waals surface area contributed by atoms with E-state index in [-0.39, 0.29) is 6.04 Å². The Morgan fingerprint density at radius 3 is 2.63 bits per heavy atom. The third kappa shape index (κ3) is 3.89. The molecule has 1 atom stereocenters. The fourth-order valence-electron chi connectivity index (χ4n) is 2.18. The van der Waals surface area contributed by atoms with E-state index < -0.39 is 0 Å². The van der Waals surface area contributed by atoms with Crippen LogP contribution in [0.2, 0.25) is 0 Å². The highest BCUT2D eigenvalue weighted by Crippen LogP contribution is 2.15. The van der Waals surface area contributed by atoms with Crippen molar-refractivity contribution in [3.63, 3.8) is 0 Å². The standard InChI is InChI=1S/C15H22N4/c1-12(2)10-19-11-17-18-15(19)14(16)9-8-13-6-4-3-5-7-13/h3-7,11-12,14H,8-10,16H2,1-2H3/t14-/m0/s1. The maximum absolute atomic E-state index is 6.24. The van der Waals surface area contributed by atoms with Crippen molar-refractivity contribution < 1.29 is 0 Å². The molecule has 0 saturated heterocycles. The summed E-state index contributed by atoms with van der Waals surface area (Å²) >= 11 is 0. The summed E-state index contributed by atoms with van der Waals surface area (Å²) in [5.41, 5.74) is 7.55. The fraction of sp³-hybridized carbons (Fsp3) is 0.467. The van der Waals surface area contributed by atoms with Crippen LogP contribution >= 0.6 is 0 Å². The molecule has 2 N–H and O–H groups in total. The van der Waals surface area contributed by atoms with E-state index in [0.717, 1.165) is 25.2 Å². The van der Waals surface area contributed by atoms with Gasteiger partial charge in [0.25, 0.3) is 0 Å². The predicted molar refractivity (Wildman–Crippen MR) is 76.6 cm³/mol. The molecule has 0 bridgehead atoms. The van der Waals surface area contributed by atoms with E-state index in [0.29, 0.717) is 5.92 Å². The first-order valence-corrected chi connectivity index (χ1v) is 6.84. The average molecular weight is 258 g/mol. The van der Waals surface area contributed by atoms with E-state index >= 15 is 0 Å². The van der Waals surface area contributed by atoms with E-state index in [1.54, 1.807) is 6.33 Å². The van der Waals surface area contributed by atoms with Gasteiger partial charge in [-0.15, -0.1) is 10.2 Å². The Morgan fingerprint density at radius 1 is 1.21 bits per heavy atom. The van der Waals surface area contributed by atoms with Gasteiger partial charge in [-0.2, -0.15) is 0 Å². The van der Waals surface area contributed by atoms with Crippen molar-refractivity contribution in [3.05, 3.63) is 48.0 Å². The second-order valence-corrected chi connectivity index (χ2v) is 5.37. The Labute approximate surface area is 114 Å². The van der Waals surface area contributed by atoms with Crippen molar-refractivity contribution in [3.8, 4) is 0 Å². The minimum atomic E-state index is -0.0542. The molecule has 0 amide bonds. The van der Waals surface area contributed by atoms with Crippen molar-refractivity contribution in [1.82, 2.24) is 14.8 Å². The zero-order valence-corrected chi connectivity index (χ0v) is 11.7. The van der Waals surface area contributed by atoms with Crippen LogP contribution in [-0.2, 0) is 13.0 Å². The first-order valence-electron chi connectivity index (χ1n) is 6.84. The lowest BCUT2D eigenvalue weighted by Gasteiger charge is -2.14. The van der Waals surface area contributed by atoms with Gasteiger partial charge in [-0.25, -0.2) is 0 Å². The van der Waals surface area contributed by atoms with Gasteiger partial charge in [-0.3, -0.25) is 0 Å². The molecule has 0 saturated carbocycles. The molecule has 0 aliphatic rings. The molecule has 1 aromatic carbocycles. The molecule has 0 spiro atoms. The molecule has 1 heterocycles. The molecule has 0 aliphatic carbocycles.